The lowest BCUT2D eigenvalue weighted by Gasteiger charge is -2.02. The molecule has 2 rings (SSSR count). The summed E-state index contributed by atoms with van der Waals surface area (Å²) in [7, 11) is 0. The molecule has 1 N–H and O–H groups in total. The molecule has 1 aromatic carbocycles. The summed E-state index contributed by atoms with van der Waals surface area (Å²) in [4.78, 5) is 14.4. The zero-order chi connectivity index (χ0) is 11.5. The van der Waals surface area contributed by atoms with Gasteiger partial charge in [-0.05, 0) is 11.5 Å². The van der Waals surface area contributed by atoms with Crippen LogP contribution in [0.15, 0.2) is 36.5 Å². The van der Waals surface area contributed by atoms with Gasteiger partial charge in [0.1, 0.15) is 5.15 Å². The fourth-order valence-corrected chi connectivity index (χ4v) is 1.69. The Bertz CT molecular complexity index is 578. The van der Waals surface area contributed by atoms with Crippen LogP contribution in [-0.2, 0) is 4.79 Å². The van der Waals surface area contributed by atoms with E-state index in [1.165, 1.54) is 6.08 Å². The highest BCUT2D eigenvalue weighted by atomic mass is 35.5. The number of aliphatic carboxylic acids is 1. The Morgan fingerprint density at radius 2 is 2.00 bits per heavy atom. The average molecular weight is 234 g/mol. The molecule has 0 fully saturated rings. The third-order valence-electron chi connectivity index (χ3n) is 2.18. The number of aromatic nitrogens is 1. The van der Waals surface area contributed by atoms with Gasteiger partial charge in [0.2, 0.25) is 0 Å². The first kappa shape index (κ1) is 10.6. The summed E-state index contributed by atoms with van der Waals surface area (Å²) in [6.45, 7) is 0. The molecule has 0 aliphatic carbocycles. The van der Waals surface area contributed by atoms with Crippen LogP contribution in [0.1, 0.15) is 5.56 Å². The third kappa shape index (κ3) is 2.04. The minimum absolute atomic E-state index is 0.420. The van der Waals surface area contributed by atoms with E-state index in [0.29, 0.717) is 5.15 Å². The van der Waals surface area contributed by atoms with Gasteiger partial charge in [0.25, 0.3) is 0 Å². The van der Waals surface area contributed by atoms with Crippen molar-refractivity contribution in [2.24, 2.45) is 0 Å². The van der Waals surface area contributed by atoms with Crippen molar-refractivity contribution < 1.29 is 9.90 Å². The van der Waals surface area contributed by atoms with Crippen molar-refractivity contribution in [3.05, 3.63) is 47.3 Å². The van der Waals surface area contributed by atoms with E-state index < -0.39 is 5.97 Å². The number of benzene rings is 1. The van der Waals surface area contributed by atoms with Crippen LogP contribution >= 0.6 is 11.6 Å². The molecular formula is C12H8ClNO2. The van der Waals surface area contributed by atoms with Gasteiger partial charge < -0.3 is 5.11 Å². The molecule has 1 aromatic heterocycles. The summed E-state index contributed by atoms with van der Waals surface area (Å²) < 4.78 is 0. The van der Waals surface area contributed by atoms with Gasteiger partial charge in [0.05, 0.1) is 0 Å². The molecule has 80 valence electrons. The average Bonchev–Trinajstić information content (AvgIpc) is 2.28. The lowest BCUT2D eigenvalue weighted by atomic mass is 10.1. The SMILES string of the molecule is O=C(O)C=Cc1cnc(Cl)c2ccccc12. The summed E-state index contributed by atoms with van der Waals surface area (Å²) in [6, 6.07) is 7.46. The number of carboxylic acids is 1. The largest absolute Gasteiger partial charge is 0.478 e. The summed E-state index contributed by atoms with van der Waals surface area (Å²) in [5.41, 5.74) is 0.738. The lowest BCUT2D eigenvalue weighted by molar-refractivity contribution is -0.131. The van der Waals surface area contributed by atoms with Gasteiger partial charge in [-0.1, -0.05) is 35.9 Å². The number of halogens is 1. The van der Waals surface area contributed by atoms with Crippen molar-refractivity contribution in [3.63, 3.8) is 0 Å². The van der Waals surface area contributed by atoms with Gasteiger partial charge in [-0.15, -0.1) is 0 Å². The zero-order valence-corrected chi connectivity index (χ0v) is 8.98. The Morgan fingerprint density at radius 3 is 2.69 bits per heavy atom. The van der Waals surface area contributed by atoms with Crippen LogP contribution in [0.2, 0.25) is 5.15 Å². The number of hydrogen-bond acceptors (Lipinski definition) is 2. The van der Waals surface area contributed by atoms with Gasteiger partial charge in [-0.2, -0.15) is 0 Å². The molecule has 4 heteroatoms. The molecular weight excluding hydrogens is 226 g/mol. The van der Waals surface area contributed by atoms with E-state index in [0.717, 1.165) is 22.4 Å². The highest BCUT2D eigenvalue weighted by molar-refractivity contribution is 6.34. The summed E-state index contributed by atoms with van der Waals surface area (Å²) >= 11 is 5.94. The number of hydrogen-bond donors (Lipinski definition) is 1. The van der Waals surface area contributed by atoms with E-state index in [9.17, 15) is 4.79 Å². The number of carboxylic acid groups (broad SMARTS) is 1. The molecule has 0 bridgehead atoms. The van der Waals surface area contributed by atoms with Crippen molar-refractivity contribution in [1.82, 2.24) is 4.98 Å². The van der Waals surface area contributed by atoms with E-state index in [-0.39, 0.29) is 0 Å². The van der Waals surface area contributed by atoms with Crippen LogP contribution in [0.4, 0.5) is 0 Å². The summed E-state index contributed by atoms with van der Waals surface area (Å²) in [5.74, 6) is -0.987. The third-order valence-corrected chi connectivity index (χ3v) is 2.48. The van der Waals surface area contributed by atoms with Crippen LogP contribution in [0.25, 0.3) is 16.8 Å². The van der Waals surface area contributed by atoms with Gasteiger partial charge in [-0.25, -0.2) is 9.78 Å². The number of pyridine rings is 1. The summed E-state index contributed by atoms with van der Waals surface area (Å²) in [6.07, 6.45) is 4.15. The molecule has 0 aliphatic rings. The van der Waals surface area contributed by atoms with Gasteiger partial charge in [0.15, 0.2) is 0 Å². The number of fused-ring (bicyclic) bond motifs is 1. The van der Waals surface area contributed by atoms with Crippen LogP contribution in [-0.4, -0.2) is 16.1 Å². The van der Waals surface area contributed by atoms with Gasteiger partial charge in [-0.3, -0.25) is 0 Å². The van der Waals surface area contributed by atoms with Crippen molar-refractivity contribution >= 4 is 34.4 Å². The number of carbonyl (C=O) groups is 1. The zero-order valence-electron chi connectivity index (χ0n) is 8.22. The Labute approximate surface area is 97.0 Å². The molecule has 0 spiro atoms. The molecule has 0 aliphatic heterocycles. The second-order valence-corrected chi connectivity index (χ2v) is 3.58. The van der Waals surface area contributed by atoms with E-state index in [1.807, 2.05) is 24.3 Å². The molecule has 2 aromatic rings. The van der Waals surface area contributed by atoms with Crippen molar-refractivity contribution in [3.8, 4) is 0 Å². The minimum Gasteiger partial charge on any atom is -0.478 e. The van der Waals surface area contributed by atoms with Crippen LogP contribution in [0, 0.1) is 0 Å². The first-order valence-electron chi connectivity index (χ1n) is 4.63. The molecule has 0 amide bonds. The molecule has 1 heterocycles. The molecule has 0 radical (unpaired) electrons. The van der Waals surface area contributed by atoms with Crippen molar-refractivity contribution in [1.29, 1.82) is 0 Å². The number of nitrogens with zero attached hydrogens (tertiary/aromatic N) is 1. The van der Waals surface area contributed by atoms with Crippen LogP contribution in [0.5, 0.6) is 0 Å². The monoisotopic (exact) mass is 233 g/mol. The minimum atomic E-state index is -0.987. The number of rotatable bonds is 2. The van der Waals surface area contributed by atoms with E-state index >= 15 is 0 Å². The smallest absolute Gasteiger partial charge is 0.328 e. The first-order chi connectivity index (χ1) is 7.68. The van der Waals surface area contributed by atoms with Crippen LogP contribution < -0.4 is 0 Å². The Hall–Kier alpha value is -1.87. The maximum atomic E-state index is 10.4. The Morgan fingerprint density at radius 1 is 1.31 bits per heavy atom. The molecule has 0 atom stereocenters. The Balaban J connectivity index is 2.63. The molecule has 3 nitrogen and oxygen atoms in total. The predicted octanol–water partition coefficient (Wildman–Crippen LogP) is 2.99. The molecule has 0 saturated heterocycles. The van der Waals surface area contributed by atoms with E-state index in [4.69, 9.17) is 16.7 Å². The van der Waals surface area contributed by atoms with Crippen molar-refractivity contribution in [2.75, 3.05) is 0 Å². The quantitative estimate of drug-likeness (QED) is 0.641. The standard InChI is InChI=1S/C12H8ClNO2/c13-12-10-4-2-1-3-9(10)8(7-14-12)5-6-11(15)16/h1-7H,(H,15,16). The maximum Gasteiger partial charge on any atom is 0.328 e. The fraction of sp³-hybridized carbons (Fsp3) is 0. The lowest BCUT2D eigenvalue weighted by Crippen LogP contribution is -1.88. The molecule has 16 heavy (non-hydrogen) atoms. The normalized spacial score (nSPS) is 11.1. The maximum absolute atomic E-state index is 10.4. The van der Waals surface area contributed by atoms with Gasteiger partial charge >= 0.3 is 5.97 Å². The van der Waals surface area contributed by atoms with E-state index in [2.05, 4.69) is 4.98 Å². The second-order valence-electron chi connectivity index (χ2n) is 3.22. The van der Waals surface area contributed by atoms with Gasteiger partial charge in [0, 0.05) is 23.2 Å². The first-order valence-corrected chi connectivity index (χ1v) is 5.00. The molecule has 0 unspecified atom stereocenters. The van der Waals surface area contributed by atoms with E-state index in [1.54, 1.807) is 6.20 Å². The topological polar surface area (TPSA) is 50.2 Å². The van der Waals surface area contributed by atoms with Crippen LogP contribution in [0.3, 0.4) is 0 Å². The highest BCUT2D eigenvalue weighted by Crippen LogP contribution is 2.24. The fourth-order valence-electron chi connectivity index (χ4n) is 1.47. The second kappa shape index (κ2) is 4.33. The predicted molar refractivity (Wildman–Crippen MR) is 63.4 cm³/mol. The molecule has 0 saturated carbocycles. The van der Waals surface area contributed by atoms with Crippen molar-refractivity contribution in [2.45, 2.75) is 0 Å². The highest BCUT2D eigenvalue weighted by Gasteiger charge is 2.03. The summed E-state index contributed by atoms with van der Waals surface area (Å²) in [5, 5.41) is 10.7. The Kier molecular flexibility index (Phi) is 2.88.